The lowest BCUT2D eigenvalue weighted by atomic mass is 10.2. The number of halogens is 2. The third kappa shape index (κ3) is 4.47. The Morgan fingerprint density at radius 3 is 2.57 bits per heavy atom. The van der Waals surface area contributed by atoms with Crippen LogP contribution in [0.25, 0.3) is 11.3 Å². The predicted octanol–water partition coefficient (Wildman–Crippen LogP) is 5.03. The van der Waals surface area contributed by atoms with Gasteiger partial charge in [0.05, 0.1) is 25.5 Å². The number of hydrazone groups is 1. The van der Waals surface area contributed by atoms with Gasteiger partial charge in [-0.1, -0.05) is 23.2 Å². The van der Waals surface area contributed by atoms with Gasteiger partial charge in [0.2, 0.25) is 0 Å². The SMILES string of the molecule is COc1ccc(C(=O)N/N=C/c2ccc(-c3cc(Cl)ccc3Cl)o2)cc1OC. The van der Waals surface area contributed by atoms with Gasteiger partial charge in [-0.05, 0) is 48.5 Å². The Hall–Kier alpha value is -2.96. The lowest BCUT2D eigenvalue weighted by molar-refractivity contribution is 0.0954. The average Bonchev–Trinajstić information content (AvgIpc) is 3.17. The minimum absolute atomic E-state index is 0.376. The average molecular weight is 419 g/mol. The van der Waals surface area contributed by atoms with Gasteiger partial charge in [0, 0.05) is 16.1 Å². The molecular weight excluding hydrogens is 403 g/mol. The molecule has 1 amide bonds. The number of benzene rings is 2. The van der Waals surface area contributed by atoms with Gasteiger partial charge in [0.1, 0.15) is 11.5 Å². The minimum Gasteiger partial charge on any atom is -0.493 e. The zero-order valence-corrected chi connectivity index (χ0v) is 16.5. The molecule has 0 aliphatic rings. The monoisotopic (exact) mass is 418 g/mol. The number of carbonyl (C=O) groups excluding carboxylic acids is 1. The van der Waals surface area contributed by atoms with Crippen LogP contribution in [-0.4, -0.2) is 26.3 Å². The van der Waals surface area contributed by atoms with E-state index in [0.717, 1.165) is 0 Å². The summed E-state index contributed by atoms with van der Waals surface area (Å²) in [6, 6.07) is 13.4. The first kappa shape index (κ1) is 19.8. The van der Waals surface area contributed by atoms with E-state index in [9.17, 15) is 4.79 Å². The molecule has 1 heterocycles. The standard InChI is InChI=1S/C20H16Cl2N2O4/c1-26-18-7-3-12(9-19(18)27-2)20(25)24-23-11-14-5-8-17(28-14)15-10-13(21)4-6-16(15)22/h3-11H,1-2H3,(H,24,25)/b23-11+. The van der Waals surface area contributed by atoms with Crippen LogP contribution in [0.1, 0.15) is 16.1 Å². The van der Waals surface area contributed by atoms with Crippen molar-refractivity contribution in [3.8, 4) is 22.8 Å². The van der Waals surface area contributed by atoms with Crippen molar-refractivity contribution >= 4 is 35.3 Å². The lowest BCUT2D eigenvalue weighted by Gasteiger charge is -2.08. The molecule has 0 bridgehead atoms. The van der Waals surface area contributed by atoms with Crippen LogP contribution < -0.4 is 14.9 Å². The Bertz CT molecular complexity index is 1030. The molecular formula is C20H16Cl2N2O4. The fourth-order valence-corrected chi connectivity index (χ4v) is 2.83. The summed E-state index contributed by atoms with van der Waals surface area (Å²) in [5.74, 6) is 1.57. The van der Waals surface area contributed by atoms with Crippen LogP contribution in [0, 0.1) is 0 Å². The van der Waals surface area contributed by atoms with Gasteiger partial charge in [-0.15, -0.1) is 0 Å². The normalized spacial score (nSPS) is 10.9. The smallest absolute Gasteiger partial charge is 0.271 e. The number of carbonyl (C=O) groups is 1. The topological polar surface area (TPSA) is 73.1 Å². The van der Waals surface area contributed by atoms with E-state index in [2.05, 4.69) is 10.5 Å². The van der Waals surface area contributed by atoms with Crippen molar-refractivity contribution in [2.45, 2.75) is 0 Å². The van der Waals surface area contributed by atoms with Gasteiger partial charge in [-0.2, -0.15) is 5.10 Å². The zero-order chi connectivity index (χ0) is 20.1. The van der Waals surface area contributed by atoms with E-state index in [1.165, 1.54) is 20.4 Å². The zero-order valence-electron chi connectivity index (χ0n) is 15.0. The first-order chi connectivity index (χ1) is 13.5. The Morgan fingerprint density at radius 2 is 1.82 bits per heavy atom. The lowest BCUT2D eigenvalue weighted by Crippen LogP contribution is -2.17. The van der Waals surface area contributed by atoms with E-state index in [4.69, 9.17) is 37.1 Å². The maximum Gasteiger partial charge on any atom is 0.271 e. The third-order valence-corrected chi connectivity index (χ3v) is 4.39. The van der Waals surface area contributed by atoms with Gasteiger partial charge in [0.25, 0.3) is 5.91 Å². The van der Waals surface area contributed by atoms with Gasteiger partial charge < -0.3 is 13.9 Å². The number of furan rings is 1. The van der Waals surface area contributed by atoms with Crippen molar-refractivity contribution in [1.82, 2.24) is 5.43 Å². The summed E-state index contributed by atoms with van der Waals surface area (Å²) < 4.78 is 16.0. The highest BCUT2D eigenvalue weighted by Crippen LogP contribution is 2.31. The molecule has 3 aromatic rings. The summed E-state index contributed by atoms with van der Waals surface area (Å²) in [7, 11) is 3.02. The molecule has 2 aromatic carbocycles. The summed E-state index contributed by atoms with van der Waals surface area (Å²) in [4.78, 5) is 12.2. The van der Waals surface area contributed by atoms with E-state index in [1.807, 2.05) is 0 Å². The highest BCUT2D eigenvalue weighted by atomic mass is 35.5. The number of methoxy groups -OCH3 is 2. The largest absolute Gasteiger partial charge is 0.493 e. The number of ether oxygens (including phenoxy) is 2. The summed E-state index contributed by atoms with van der Waals surface area (Å²) in [6.45, 7) is 0. The van der Waals surface area contributed by atoms with Crippen LogP contribution in [0.3, 0.4) is 0 Å². The molecule has 0 atom stereocenters. The molecule has 144 valence electrons. The van der Waals surface area contributed by atoms with Crippen molar-refractivity contribution in [2.24, 2.45) is 5.10 Å². The summed E-state index contributed by atoms with van der Waals surface area (Å²) in [5.41, 5.74) is 3.48. The number of nitrogens with one attached hydrogen (secondary N) is 1. The van der Waals surface area contributed by atoms with Crippen molar-refractivity contribution in [3.63, 3.8) is 0 Å². The molecule has 8 heteroatoms. The van der Waals surface area contributed by atoms with Gasteiger partial charge in [-0.25, -0.2) is 5.43 Å². The van der Waals surface area contributed by atoms with E-state index in [1.54, 1.807) is 48.5 Å². The fraction of sp³-hybridized carbons (Fsp3) is 0.100. The van der Waals surface area contributed by atoms with E-state index in [0.29, 0.717) is 44.2 Å². The van der Waals surface area contributed by atoms with Gasteiger partial charge in [-0.3, -0.25) is 4.79 Å². The second-order valence-electron chi connectivity index (χ2n) is 5.60. The number of nitrogens with zero attached hydrogens (tertiary/aromatic N) is 1. The van der Waals surface area contributed by atoms with Gasteiger partial charge >= 0.3 is 0 Å². The molecule has 0 radical (unpaired) electrons. The van der Waals surface area contributed by atoms with Crippen LogP contribution in [0.15, 0.2) is 58.0 Å². The Labute approximate surface area is 171 Å². The molecule has 1 N–H and O–H groups in total. The van der Waals surface area contributed by atoms with E-state index >= 15 is 0 Å². The second-order valence-corrected chi connectivity index (χ2v) is 6.44. The molecule has 0 spiro atoms. The van der Waals surface area contributed by atoms with E-state index < -0.39 is 5.91 Å². The molecule has 0 fully saturated rings. The Morgan fingerprint density at radius 1 is 1.04 bits per heavy atom. The first-order valence-electron chi connectivity index (χ1n) is 8.12. The number of amides is 1. The minimum atomic E-state index is -0.401. The van der Waals surface area contributed by atoms with Crippen molar-refractivity contribution < 1.29 is 18.7 Å². The molecule has 6 nitrogen and oxygen atoms in total. The number of hydrogen-bond acceptors (Lipinski definition) is 5. The highest BCUT2D eigenvalue weighted by molar-refractivity contribution is 6.35. The number of hydrogen-bond donors (Lipinski definition) is 1. The molecule has 1 aromatic heterocycles. The van der Waals surface area contributed by atoms with Crippen LogP contribution in [0.4, 0.5) is 0 Å². The number of rotatable bonds is 6. The van der Waals surface area contributed by atoms with Crippen molar-refractivity contribution in [3.05, 3.63) is 69.9 Å². The molecule has 0 aliphatic heterocycles. The van der Waals surface area contributed by atoms with Gasteiger partial charge in [0.15, 0.2) is 11.5 Å². The van der Waals surface area contributed by atoms with Crippen molar-refractivity contribution in [2.75, 3.05) is 14.2 Å². The molecule has 0 unspecified atom stereocenters. The quantitative estimate of drug-likeness (QED) is 0.449. The third-order valence-electron chi connectivity index (χ3n) is 3.82. The highest BCUT2D eigenvalue weighted by Gasteiger charge is 2.11. The van der Waals surface area contributed by atoms with Crippen LogP contribution in [0.5, 0.6) is 11.5 Å². The maximum absolute atomic E-state index is 12.2. The molecule has 0 saturated heterocycles. The molecule has 28 heavy (non-hydrogen) atoms. The van der Waals surface area contributed by atoms with Crippen LogP contribution in [-0.2, 0) is 0 Å². The Balaban J connectivity index is 1.69. The van der Waals surface area contributed by atoms with Crippen LogP contribution in [0.2, 0.25) is 10.0 Å². The maximum atomic E-state index is 12.2. The predicted molar refractivity (Wildman–Crippen MR) is 109 cm³/mol. The summed E-state index contributed by atoms with van der Waals surface area (Å²) in [6.07, 6.45) is 1.39. The van der Waals surface area contributed by atoms with E-state index in [-0.39, 0.29) is 0 Å². The first-order valence-corrected chi connectivity index (χ1v) is 8.88. The summed E-state index contributed by atoms with van der Waals surface area (Å²) >= 11 is 12.2. The molecule has 3 rings (SSSR count). The van der Waals surface area contributed by atoms with Crippen LogP contribution >= 0.6 is 23.2 Å². The molecule has 0 saturated carbocycles. The fourth-order valence-electron chi connectivity index (χ4n) is 2.45. The molecule has 0 aliphatic carbocycles. The summed E-state index contributed by atoms with van der Waals surface area (Å²) in [5, 5.41) is 4.98. The Kier molecular flexibility index (Phi) is 6.23. The van der Waals surface area contributed by atoms with Crippen molar-refractivity contribution in [1.29, 1.82) is 0 Å². The second kappa shape index (κ2) is 8.82.